The van der Waals surface area contributed by atoms with E-state index >= 15 is 0 Å². The molecule has 1 amide bonds. The minimum atomic E-state index is -1.85. The van der Waals surface area contributed by atoms with E-state index in [0.717, 1.165) is 11.3 Å². The number of rotatable bonds is 7. The lowest BCUT2D eigenvalue weighted by atomic mass is 9.85. The van der Waals surface area contributed by atoms with Crippen LogP contribution in [0.15, 0.2) is 90.0 Å². The van der Waals surface area contributed by atoms with Crippen LogP contribution in [0.3, 0.4) is 0 Å². The van der Waals surface area contributed by atoms with E-state index in [1.807, 2.05) is 50.2 Å². The number of aliphatic hydroxyl groups is 1. The molecule has 0 saturated heterocycles. The van der Waals surface area contributed by atoms with E-state index in [1.165, 1.54) is 6.21 Å². The van der Waals surface area contributed by atoms with Crippen LogP contribution < -0.4 is 10.2 Å². The molecule has 0 atom stereocenters. The van der Waals surface area contributed by atoms with Crippen LogP contribution in [-0.4, -0.2) is 23.3 Å². The largest absolute Gasteiger partial charge is 0.491 e. The van der Waals surface area contributed by atoms with Gasteiger partial charge in [0.1, 0.15) is 5.75 Å². The molecule has 0 fully saturated rings. The molecule has 0 aromatic heterocycles. The third-order valence-electron chi connectivity index (χ3n) is 4.34. The minimum Gasteiger partial charge on any atom is -0.491 e. The third kappa shape index (κ3) is 4.89. The highest BCUT2D eigenvalue weighted by atomic mass is 16.5. The van der Waals surface area contributed by atoms with E-state index in [0.29, 0.717) is 11.1 Å². The first-order chi connectivity index (χ1) is 14.0. The second kappa shape index (κ2) is 9.17. The second-order valence-electron chi connectivity index (χ2n) is 6.88. The van der Waals surface area contributed by atoms with Crippen molar-refractivity contribution in [3.8, 4) is 5.75 Å². The van der Waals surface area contributed by atoms with E-state index < -0.39 is 11.5 Å². The fourth-order valence-electron chi connectivity index (χ4n) is 2.94. The van der Waals surface area contributed by atoms with Gasteiger partial charge < -0.3 is 9.84 Å². The lowest BCUT2D eigenvalue weighted by Crippen LogP contribution is -2.43. The number of benzene rings is 3. The van der Waals surface area contributed by atoms with Crippen LogP contribution in [0.1, 0.15) is 30.5 Å². The second-order valence-corrected chi connectivity index (χ2v) is 6.88. The maximum Gasteiger partial charge on any atom is 0.281 e. The van der Waals surface area contributed by atoms with Crippen LogP contribution in [0.4, 0.5) is 0 Å². The summed E-state index contributed by atoms with van der Waals surface area (Å²) in [6.07, 6.45) is 1.62. The Balaban J connectivity index is 1.78. The molecule has 5 nitrogen and oxygen atoms in total. The van der Waals surface area contributed by atoms with Crippen molar-refractivity contribution < 1.29 is 14.6 Å². The van der Waals surface area contributed by atoms with Crippen molar-refractivity contribution in [2.45, 2.75) is 25.6 Å². The molecule has 0 aliphatic heterocycles. The molecule has 2 N–H and O–H groups in total. The molecular weight excluding hydrogens is 364 g/mol. The third-order valence-corrected chi connectivity index (χ3v) is 4.34. The van der Waals surface area contributed by atoms with Gasteiger partial charge in [-0.2, -0.15) is 5.10 Å². The summed E-state index contributed by atoms with van der Waals surface area (Å²) >= 11 is 0. The van der Waals surface area contributed by atoms with Crippen molar-refractivity contribution in [1.29, 1.82) is 0 Å². The van der Waals surface area contributed by atoms with Crippen LogP contribution >= 0.6 is 0 Å². The zero-order valence-corrected chi connectivity index (χ0v) is 16.4. The summed E-state index contributed by atoms with van der Waals surface area (Å²) < 4.78 is 5.61. The Kier molecular flexibility index (Phi) is 6.42. The number of nitrogens with one attached hydrogen (secondary N) is 1. The fourth-order valence-corrected chi connectivity index (χ4v) is 2.94. The number of carbonyl (C=O) groups excluding carboxylic acids is 1. The van der Waals surface area contributed by atoms with Crippen LogP contribution in [-0.2, 0) is 10.4 Å². The van der Waals surface area contributed by atoms with Gasteiger partial charge in [-0.25, -0.2) is 5.43 Å². The highest BCUT2D eigenvalue weighted by molar-refractivity contribution is 5.91. The summed E-state index contributed by atoms with van der Waals surface area (Å²) in [6, 6.07) is 25.0. The minimum absolute atomic E-state index is 0.0995. The molecule has 0 spiro atoms. The van der Waals surface area contributed by atoms with Gasteiger partial charge in [0.15, 0.2) is 5.60 Å². The first-order valence-electron chi connectivity index (χ1n) is 9.44. The molecule has 148 valence electrons. The Bertz CT molecular complexity index is 913. The quantitative estimate of drug-likeness (QED) is 0.477. The molecule has 0 bridgehead atoms. The number of hydrazone groups is 1. The predicted octanol–water partition coefficient (Wildman–Crippen LogP) is 3.86. The average Bonchev–Trinajstić information content (AvgIpc) is 2.75. The Morgan fingerprint density at radius 3 is 1.93 bits per heavy atom. The maximum atomic E-state index is 12.9. The zero-order valence-electron chi connectivity index (χ0n) is 16.4. The van der Waals surface area contributed by atoms with Crippen molar-refractivity contribution >= 4 is 12.1 Å². The Labute approximate surface area is 170 Å². The normalized spacial score (nSPS) is 11.6. The van der Waals surface area contributed by atoms with Crippen LogP contribution in [0.25, 0.3) is 0 Å². The maximum absolute atomic E-state index is 12.9. The van der Waals surface area contributed by atoms with Crippen LogP contribution in [0.5, 0.6) is 5.75 Å². The summed E-state index contributed by atoms with van der Waals surface area (Å²) in [5.74, 6) is 0.134. The first kappa shape index (κ1) is 20.3. The molecule has 3 aromatic carbocycles. The molecule has 3 aromatic rings. The molecule has 0 aliphatic rings. The number of ether oxygens (including phenoxy) is 1. The van der Waals surface area contributed by atoms with Gasteiger partial charge in [0, 0.05) is 0 Å². The molecule has 0 unspecified atom stereocenters. The lowest BCUT2D eigenvalue weighted by molar-refractivity contribution is -0.136. The summed E-state index contributed by atoms with van der Waals surface area (Å²) in [5.41, 5.74) is 2.34. The van der Waals surface area contributed by atoms with E-state index in [4.69, 9.17) is 4.74 Å². The molecule has 29 heavy (non-hydrogen) atoms. The van der Waals surface area contributed by atoms with Crippen molar-refractivity contribution in [2.75, 3.05) is 0 Å². The molecular formula is C24H24N2O3. The molecule has 5 heteroatoms. The molecule has 3 rings (SSSR count). The molecule has 0 saturated carbocycles. The number of hydrogen-bond acceptors (Lipinski definition) is 4. The van der Waals surface area contributed by atoms with Crippen molar-refractivity contribution in [3.63, 3.8) is 0 Å². The van der Waals surface area contributed by atoms with Gasteiger partial charge in [-0.3, -0.25) is 4.79 Å². The smallest absolute Gasteiger partial charge is 0.281 e. The monoisotopic (exact) mass is 388 g/mol. The summed E-state index contributed by atoms with van der Waals surface area (Å²) in [5, 5.41) is 15.4. The standard InChI is InChI=1S/C24H24N2O3/c1-18(2)29-22-15-13-19(14-16-22)17-25-26-23(27)24(28,20-9-5-3-6-10-20)21-11-7-4-8-12-21/h3-18,28H,1-2H3,(H,26,27)/b25-17+. The average molecular weight is 388 g/mol. The topological polar surface area (TPSA) is 70.9 Å². The van der Waals surface area contributed by atoms with Crippen LogP contribution in [0.2, 0.25) is 0 Å². The van der Waals surface area contributed by atoms with Crippen molar-refractivity contribution in [3.05, 3.63) is 102 Å². The van der Waals surface area contributed by atoms with Crippen molar-refractivity contribution in [2.24, 2.45) is 5.10 Å². The van der Waals surface area contributed by atoms with Gasteiger partial charge in [0.25, 0.3) is 5.91 Å². The zero-order chi connectivity index (χ0) is 20.7. The SMILES string of the molecule is CC(C)Oc1ccc(/C=N/NC(=O)C(O)(c2ccccc2)c2ccccc2)cc1. The van der Waals surface area contributed by atoms with E-state index in [9.17, 15) is 9.90 Å². The number of carbonyl (C=O) groups is 1. The van der Waals surface area contributed by atoms with Gasteiger partial charge in [0.2, 0.25) is 0 Å². The Morgan fingerprint density at radius 1 is 0.931 bits per heavy atom. The van der Waals surface area contributed by atoms with Gasteiger partial charge in [-0.15, -0.1) is 0 Å². The summed E-state index contributed by atoms with van der Waals surface area (Å²) in [6.45, 7) is 3.93. The molecule has 0 aliphatic carbocycles. The predicted molar refractivity (Wildman–Crippen MR) is 114 cm³/mol. The summed E-state index contributed by atoms with van der Waals surface area (Å²) in [4.78, 5) is 12.9. The van der Waals surface area contributed by atoms with Crippen molar-refractivity contribution in [1.82, 2.24) is 5.43 Å². The molecule has 0 heterocycles. The Hall–Kier alpha value is -3.44. The van der Waals surface area contributed by atoms with E-state index in [2.05, 4.69) is 10.5 Å². The Morgan fingerprint density at radius 2 is 1.45 bits per heavy atom. The van der Waals surface area contributed by atoms with E-state index in [1.54, 1.807) is 48.5 Å². The van der Waals surface area contributed by atoms with Gasteiger partial charge in [-0.05, 0) is 54.8 Å². The van der Waals surface area contributed by atoms with Gasteiger partial charge in [0.05, 0.1) is 12.3 Å². The van der Waals surface area contributed by atoms with E-state index in [-0.39, 0.29) is 6.10 Å². The first-order valence-corrected chi connectivity index (χ1v) is 9.44. The highest BCUT2D eigenvalue weighted by Gasteiger charge is 2.39. The highest BCUT2D eigenvalue weighted by Crippen LogP contribution is 2.29. The number of amides is 1. The van der Waals surface area contributed by atoms with Gasteiger partial charge >= 0.3 is 0 Å². The number of nitrogens with zero attached hydrogens (tertiary/aromatic N) is 1. The molecule has 0 radical (unpaired) electrons. The lowest BCUT2D eigenvalue weighted by Gasteiger charge is -2.27. The van der Waals surface area contributed by atoms with Crippen LogP contribution in [0, 0.1) is 0 Å². The number of hydrogen-bond donors (Lipinski definition) is 2. The summed E-state index contributed by atoms with van der Waals surface area (Å²) in [7, 11) is 0. The van der Waals surface area contributed by atoms with Gasteiger partial charge in [-0.1, -0.05) is 60.7 Å². The fraction of sp³-hybridized carbons (Fsp3) is 0.167.